The molecule has 1 amide bonds. The highest BCUT2D eigenvalue weighted by Crippen LogP contribution is 2.35. The Morgan fingerprint density at radius 1 is 1.07 bits per heavy atom. The largest absolute Gasteiger partial charge is 0.497 e. The summed E-state index contributed by atoms with van der Waals surface area (Å²) in [6.45, 7) is 7.26. The van der Waals surface area contributed by atoms with Crippen LogP contribution in [0.15, 0.2) is 71.9 Å². The number of aromatic nitrogens is 1. The summed E-state index contributed by atoms with van der Waals surface area (Å²) < 4.78 is 7.45. The van der Waals surface area contributed by atoms with Crippen LogP contribution in [0.25, 0.3) is 11.9 Å². The Balaban J connectivity index is 1.10. The quantitative estimate of drug-likeness (QED) is 0.485. The van der Waals surface area contributed by atoms with E-state index in [0.717, 1.165) is 48.2 Å². The zero-order valence-corrected chi connectivity index (χ0v) is 24.2. The predicted octanol–water partition coefficient (Wildman–Crippen LogP) is 2.60. The summed E-state index contributed by atoms with van der Waals surface area (Å²) in [6.07, 6.45) is 6.15. The Bertz CT molecular complexity index is 1480. The first kappa shape index (κ1) is 27.5. The van der Waals surface area contributed by atoms with Crippen LogP contribution in [-0.4, -0.2) is 88.9 Å². The number of aliphatic hydroxyl groups is 1. The molecule has 0 radical (unpaired) electrons. The van der Waals surface area contributed by atoms with Gasteiger partial charge in [0.05, 0.1) is 18.4 Å². The number of β-amino-alcohol motifs (C(OH)–C–C–N with tert-alkyl or cyclic N) is 1. The monoisotopic (exact) mass is 555 g/mol. The first-order chi connectivity index (χ1) is 20.0. The molecular formula is C33H41N5O3. The van der Waals surface area contributed by atoms with Crippen LogP contribution < -0.4 is 15.4 Å². The number of rotatable bonds is 7. The van der Waals surface area contributed by atoms with Gasteiger partial charge in [-0.15, -0.1) is 0 Å². The molecule has 8 heteroatoms. The lowest BCUT2D eigenvalue weighted by Crippen LogP contribution is -2.54. The number of carbonyl (C=O) groups is 1. The molecular weight excluding hydrogens is 514 g/mol. The van der Waals surface area contributed by atoms with Crippen molar-refractivity contribution < 1.29 is 14.6 Å². The van der Waals surface area contributed by atoms with Crippen molar-refractivity contribution in [3.8, 4) is 11.4 Å². The molecule has 0 aliphatic carbocycles. The van der Waals surface area contributed by atoms with Crippen molar-refractivity contribution >= 4 is 12.1 Å². The summed E-state index contributed by atoms with van der Waals surface area (Å²) in [5, 5.41) is 12.6. The summed E-state index contributed by atoms with van der Waals surface area (Å²) >= 11 is 0. The molecule has 1 N–H and O–H groups in total. The molecule has 2 saturated heterocycles. The lowest BCUT2D eigenvalue weighted by molar-refractivity contribution is -0.142. The van der Waals surface area contributed by atoms with Crippen molar-refractivity contribution in [1.29, 1.82) is 0 Å². The van der Waals surface area contributed by atoms with E-state index in [1.54, 1.807) is 7.11 Å². The fourth-order valence-corrected chi connectivity index (χ4v) is 6.72. The minimum Gasteiger partial charge on any atom is -0.497 e. The van der Waals surface area contributed by atoms with E-state index >= 15 is 0 Å². The highest BCUT2D eigenvalue weighted by atomic mass is 16.5. The molecule has 2 aromatic carbocycles. The van der Waals surface area contributed by atoms with E-state index in [-0.39, 0.29) is 17.7 Å². The highest BCUT2D eigenvalue weighted by Gasteiger charge is 2.40. The molecule has 4 heterocycles. The molecule has 41 heavy (non-hydrogen) atoms. The molecule has 8 nitrogen and oxygen atoms in total. The van der Waals surface area contributed by atoms with Crippen molar-refractivity contribution in [2.75, 3.05) is 53.0 Å². The number of likely N-dealkylation sites (tertiary alicyclic amines) is 2. The number of fused-ring (bicyclic) bond motifs is 1. The third-order valence-corrected chi connectivity index (χ3v) is 9.14. The fourth-order valence-electron chi connectivity index (χ4n) is 6.72. The van der Waals surface area contributed by atoms with E-state index in [0.29, 0.717) is 39.1 Å². The second-order valence-corrected chi connectivity index (χ2v) is 11.7. The van der Waals surface area contributed by atoms with Gasteiger partial charge in [-0.05, 0) is 56.1 Å². The van der Waals surface area contributed by atoms with E-state index in [1.807, 2.05) is 41.4 Å². The van der Waals surface area contributed by atoms with Crippen molar-refractivity contribution in [3.63, 3.8) is 0 Å². The fraction of sp³-hybridized carbons (Fsp3) is 0.455. The van der Waals surface area contributed by atoms with E-state index in [1.165, 1.54) is 5.56 Å². The van der Waals surface area contributed by atoms with Crippen LogP contribution in [0, 0.1) is 5.92 Å². The molecule has 2 atom stereocenters. The average Bonchev–Trinajstić information content (AvgIpc) is 3.44. The van der Waals surface area contributed by atoms with E-state index in [4.69, 9.17) is 9.73 Å². The van der Waals surface area contributed by atoms with E-state index in [9.17, 15) is 9.90 Å². The molecule has 3 aliphatic rings. The van der Waals surface area contributed by atoms with Crippen LogP contribution in [0.5, 0.6) is 5.75 Å². The first-order valence-corrected chi connectivity index (χ1v) is 14.9. The number of carbonyl (C=O) groups excluding carboxylic acids is 1. The van der Waals surface area contributed by atoms with Gasteiger partial charge in [-0.1, -0.05) is 43.3 Å². The molecule has 3 aromatic rings. The number of amides is 1. The number of likely N-dealkylation sites (N-methyl/N-ethyl adjacent to an activating group) is 1. The molecule has 0 saturated carbocycles. The van der Waals surface area contributed by atoms with Gasteiger partial charge in [-0.3, -0.25) is 4.79 Å². The molecule has 3 aliphatic heterocycles. The smallest absolute Gasteiger partial charge is 0.226 e. The minimum absolute atomic E-state index is 0.00680. The maximum absolute atomic E-state index is 13.8. The lowest BCUT2D eigenvalue weighted by atomic mass is 9.79. The summed E-state index contributed by atoms with van der Waals surface area (Å²) in [6, 6.07) is 20.5. The van der Waals surface area contributed by atoms with E-state index < -0.39 is 5.60 Å². The summed E-state index contributed by atoms with van der Waals surface area (Å²) in [4.78, 5) is 25.2. The number of hydrogen-bond donors (Lipinski definition) is 1. The van der Waals surface area contributed by atoms with Crippen LogP contribution in [0.2, 0.25) is 0 Å². The summed E-state index contributed by atoms with van der Waals surface area (Å²) in [5.41, 5.74) is 2.31. The molecule has 0 bridgehead atoms. The number of methoxy groups -OCH3 is 1. The SMILES string of the molecule is CCN1CC[C@@H](C(=O)N2CCC(O)(CN3C=c4ccn(-c5cccc(OC)c5)c4=NC3)CC2)[C@H](c2ccccc2)C1. The van der Waals surface area contributed by atoms with Crippen molar-refractivity contribution in [1.82, 2.24) is 19.3 Å². The van der Waals surface area contributed by atoms with Crippen LogP contribution in [0.4, 0.5) is 0 Å². The van der Waals surface area contributed by atoms with Crippen LogP contribution in [-0.2, 0) is 4.79 Å². The van der Waals surface area contributed by atoms with Gasteiger partial charge < -0.3 is 29.1 Å². The third-order valence-electron chi connectivity index (χ3n) is 9.14. The predicted molar refractivity (Wildman–Crippen MR) is 159 cm³/mol. The zero-order chi connectivity index (χ0) is 28.4. The minimum atomic E-state index is -0.847. The summed E-state index contributed by atoms with van der Waals surface area (Å²) in [7, 11) is 1.67. The van der Waals surface area contributed by atoms with Gasteiger partial charge in [0.1, 0.15) is 17.9 Å². The number of benzene rings is 2. The normalized spacial score (nSPS) is 22.4. The highest BCUT2D eigenvalue weighted by molar-refractivity contribution is 5.80. The number of piperidine rings is 2. The van der Waals surface area contributed by atoms with Crippen LogP contribution >= 0.6 is 0 Å². The lowest BCUT2D eigenvalue weighted by Gasteiger charge is -2.44. The molecule has 2 fully saturated rings. The van der Waals surface area contributed by atoms with Crippen LogP contribution in [0.3, 0.4) is 0 Å². The topological polar surface area (TPSA) is 73.5 Å². The van der Waals surface area contributed by atoms with Gasteiger partial charge in [0.2, 0.25) is 5.91 Å². The van der Waals surface area contributed by atoms with Gasteiger partial charge >= 0.3 is 0 Å². The first-order valence-electron chi connectivity index (χ1n) is 14.9. The third kappa shape index (κ3) is 5.76. The average molecular weight is 556 g/mol. The standard InChI is InChI=1S/C33H41N5O3/c1-3-35-16-13-29(30(22-35)25-8-5-4-6-9-25)32(39)37-18-14-33(40,15-19-37)23-36-21-26-12-17-38(31(26)34-24-36)27-10-7-11-28(20-27)41-2/h4-12,17,20-21,29-30,40H,3,13-16,18-19,22-24H2,1-2H3/t29-,30+/m1/s1. The molecule has 216 valence electrons. The van der Waals surface area contributed by atoms with Gasteiger partial charge in [-0.25, -0.2) is 4.99 Å². The Labute approximate surface area is 242 Å². The van der Waals surface area contributed by atoms with Crippen LogP contribution in [0.1, 0.15) is 37.7 Å². The van der Waals surface area contributed by atoms with Gasteiger partial charge in [-0.2, -0.15) is 0 Å². The van der Waals surface area contributed by atoms with Gasteiger partial charge in [0, 0.05) is 61.7 Å². The van der Waals surface area contributed by atoms with Crippen molar-refractivity contribution in [3.05, 3.63) is 83.1 Å². The van der Waals surface area contributed by atoms with Gasteiger partial charge in [0.15, 0.2) is 0 Å². The van der Waals surface area contributed by atoms with Crippen molar-refractivity contribution in [2.45, 2.75) is 37.7 Å². The second kappa shape index (κ2) is 11.7. The molecule has 1 aromatic heterocycles. The Morgan fingerprint density at radius 3 is 2.63 bits per heavy atom. The molecule has 0 unspecified atom stereocenters. The van der Waals surface area contributed by atoms with Crippen molar-refractivity contribution in [2.24, 2.45) is 10.9 Å². The molecule has 0 spiro atoms. The maximum Gasteiger partial charge on any atom is 0.226 e. The number of nitrogens with zero attached hydrogens (tertiary/aromatic N) is 5. The summed E-state index contributed by atoms with van der Waals surface area (Å²) in [5.74, 6) is 1.26. The Kier molecular flexibility index (Phi) is 7.86. The van der Waals surface area contributed by atoms with E-state index in [2.05, 4.69) is 57.8 Å². The Hall–Kier alpha value is -3.62. The zero-order valence-electron chi connectivity index (χ0n) is 24.2. The Morgan fingerprint density at radius 2 is 1.88 bits per heavy atom. The number of hydrogen-bond acceptors (Lipinski definition) is 6. The maximum atomic E-state index is 13.8. The second-order valence-electron chi connectivity index (χ2n) is 11.7. The molecule has 6 rings (SSSR count). The number of ether oxygens (including phenoxy) is 1. The van der Waals surface area contributed by atoms with Gasteiger partial charge in [0.25, 0.3) is 0 Å².